The Hall–Kier alpha value is -1.65. The molecule has 27 heavy (non-hydrogen) atoms. The van der Waals surface area contributed by atoms with Crippen molar-refractivity contribution in [3.63, 3.8) is 0 Å². The van der Waals surface area contributed by atoms with E-state index in [1.165, 1.54) is 4.31 Å². The number of halogens is 3. The predicted molar refractivity (Wildman–Crippen MR) is 93.1 cm³/mol. The zero-order valence-corrected chi connectivity index (χ0v) is 15.8. The number of sulfonamides is 1. The summed E-state index contributed by atoms with van der Waals surface area (Å²) in [5.41, 5.74) is 1.43. The van der Waals surface area contributed by atoms with E-state index >= 15 is 0 Å². The maximum Gasteiger partial charge on any atom is 0.411 e. The lowest BCUT2D eigenvalue weighted by atomic mass is 9.97. The van der Waals surface area contributed by atoms with Crippen molar-refractivity contribution in [2.45, 2.75) is 32.2 Å². The molecule has 10 heteroatoms. The lowest BCUT2D eigenvalue weighted by molar-refractivity contribution is -0.176. The Balaban J connectivity index is 1.74. The summed E-state index contributed by atoms with van der Waals surface area (Å²) in [5.74, 6) is -0.348. The number of hydrogen-bond donors (Lipinski definition) is 1. The quantitative estimate of drug-likeness (QED) is 0.749. The molecule has 1 amide bonds. The zero-order chi connectivity index (χ0) is 20.1. The number of nitrogens with zero attached hydrogens (tertiary/aromatic N) is 1. The Morgan fingerprint density at radius 3 is 2.26 bits per heavy atom. The summed E-state index contributed by atoms with van der Waals surface area (Å²) < 4.78 is 65.0. The molecule has 1 N–H and O–H groups in total. The third-order valence-corrected chi connectivity index (χ3v) is 5.62. The molecule has 6 nitrogen and oxygen atoms in total. The average molecular weight is 408 g/mol. The van der Waals surface area contributed by atoms with Gasteiger partial charge in [0.05, 0.1) is 12.9 Å². The van der Waals surface area contributed by atoms with Crippen molar-refractivity contribution in [2.75, 3.05) is 26.0 Å². The minimum atomic E-state index is -4.35. The lowest BCUT2D eigenvalue weighted by Gasteiger charge is -2.29. The van der Waals surface area contributed by atoms with Crippen LogP contribution in [-0.2, 0) is 32.7 Å². The van der Waals surface area contributed by atoms with Gasteiger partial charge in [-0.1, -0.05) is 24.3 Å². The molecule has 0 aliphatic carbocycles. The van der Waals surface area contributed by atoms with Crippen molar-refractivity contribution in [1.82, 2.24) is 9.62 Å². The van der Waals surface area contributed by atoms with Gasteiger partial charge >= 0.3 is 6.18 Å². The first kappa shape index (κ1) is 21.6. The molecule has 2 rings (SSSR count). The van der Waals surface area contributed by atoms with Crippen LogP contribution in [0.3, 0.4) is 0 Å². The van der Waals surface area contributed by atoms with Gasteiger partial charge in [0.2, 0.25) is 15.9 Å². The molecule has 0 bridgehead atoms. The van der Waals surface area contributed by atoms with E-state index in [0.29, 0.717) is 38.0 Å². The summed E-state index contributed by atoms with van der Waals surface area (Å²) >= 11 is 0. The van der Waals surface area contributed by atoms with Crippen molar-refractivity contribution >= 4 is 15.9 Å². The highest BCUT2D eigenvalue weighted by Crippen LogP contribution is 2.19. The van der Waals surface area contributed by atoms with Crippen molar-refractivity contribution in [3.05, 3.63) is 35.4 Å². The van der Waals surface area contributed by atoms with Gasteiger partial charge in [0.1, 0.15) is 6.61 Å². The molecule has 0 spiro atoms. The molecular formula is C17H23F3N2O4S. The fourth-order valence-electron chi connectivity index (χ4n) is 2.82. The van der Waals surface area contributed by atoms with Crippen molar-refractivity contribution in [3.8, 4) is 0 Å². The van der Waals surface area contributed by atoms with Crippen molar-refractivity contribution in [1.29, 1.82) is 0 Å². The molecule has 1 aliphatic rings. The first-order chi connectivity index (χ1) is 12.5. The highest BCUT2D eigenvalue weighted by Gasteiger charge is 2.29. The topological polar surface area (TPSA) is 75.7 Å². The Morgan fingerprint density at radius 1 is 1.19 bits per heavy atom. The van der Waals surface area contributed by atoms with Crippen molar-refractivity contribution < 1.29 is 31.1 Å². The van der Waals surface area contributed by atoms with Gasteiger partial charge in [0, 0.05) is 25.6 Å². The predicted octanol–water partition coefficient (Wildman–Crippen LogP) is 2.05. The monoisotopic (exact) mass is 408 g/mol. The fourth-order valence-corrected chi connectivity index (χ4v) is 3.70. The summed E-state index contributed by atoms with van der Waals surface area (Å²) in [5, 5.41) is 2.82. The smallest absolute Gasteiger partial charge is 0.367 e. The Labute approximate surface area is 156 Å². The normalized spacial score (nSPS) is 17.0. The molecule has 1 aliphatic heterocycles. The van der Waals surface area contributed by atoms with Crippen LogP contribution in [0.15, 0.2) is 24.3 Å². The van der Waals surface area contributed by atoms with E-state index in [2.05, 4.69) is 10.1 Å². The highest BCUT2D eigenvalue weighted by atomic mass is 32.2. The van der Waals surface area contributed by atoms with Gasteiger partial charge in [-0.05, 0) is 24.0 Å². The second kappa shape index (κ2) is 9.03. The van der Waals surface area contributed by atoms with Gasteiger partial charge in [0.15, 0.2) is 0 Å². The zero-order valence-electron chi connectivity index (χ0n) is 15.0. The minimum absolute atomic E-state index is 0.124. The maximum atomic E-state index is 12.2. The molecular weight excluding hydrogens is 385 g/mol. The van der Waals surface area contributed by atoms with Crippen LogP contribution in [0.2, 0.25) is 0 Å². The van der Waals surface area contributed by atoms with E-state index in [4.69, 9.17) is 0 Å². The van der Waals surface area contributed by atoms with Gasteiger partial charge in [-0.2, -0.15) is 13.2 Å². The SMILES string of the molecule is CS(=O)(=O)N1CCC(C(=O)NCc2ccc(COCC(F)(F)F)cc2)CC1. The molecule has 1 fully saturated rings. The molecule has 1 heterocycles. The third kappa shape index (κ3) is 7.47. The molecule has 152 valence electrons. The number of carbonyl (C=O) groups excluding carboxylic acids is 1. The molecule has 0 atom stereocenters. The number of alkyl halides is 3. The van der Waals surface area contributed by atoms with Crippen LogP contribution in [0.4, 0.5) is 13.2 Å². The van der Waals surface area contributed by atoms with Gasteiger partial charge in [-0.15, -0.1) is 0 Å². The first-order valence-electron chi connectivity index (χ1n) is 8.50. The van der Waals surface area contributed by atoms with Gasteiger partial charge in [-0.3, -0.25) is 4.79 Å². The number of ether oxygens (including phenoxy) is 1. The van der Waals surface area contributed by atoms with E-state index in [-0.39, 0.29) is 18.4 Å². The van der Waals surface area contributed by atoms with Crippen molar-refractivity contribution in [2.24, 2.45) is 5.92 Å². The average Bonchev–Trinajstić information content (AvgIpc) is 2.59. The van der Waals surface area contributed by atoms with Gasteiger partial charge in [0.25, 0.3) is 0 Å². The number of carbonyl (C=O) groups is 1. The van der Waals surface area contributed by atoms with Crippen LogP contribution in [0.5, 0.6) is 0 Å². The van der Waals surface area contributed by atoms with Crippen LogP contribution in [0.25, 0.3) is 0 Å². The summed E-state index contributed by atoms with van der Waals surface area (Å²) in [6.45, 7) is -0.448. The largest absolute Gasteiger partial charge is 0.411 e. The van der Waals surface area contributed by atoms with E-state index in [1.54, 1.807) is 24.3 Å². The molecule has 0 radical (unpaired) electrons. The molecule has 1 saturated heterocycles. The Kier molecular flexibility index (Phi) is 7.24. The minimum Gasteiger partial charge on any atom is -0.367 e. The molecule has 1 aromatic rings. The third-order valence-electron chi connectivity index (χ3n) is 4.32. The highest BCUT2D eigenvalue weighted by molar-refractivity contribution is 7.88. The summed E-state index contributed by atoms with van der Waals surface area (Å²) in [6, 6.07) is 6.75. The van der Waals surface area contributed by atoms with Gasteiger partial charge in [-0.25, -0.2) is 12.7 Å². The molecule has 1 aromatic carbocycles. The number of rotatable bonds is 7. The summed E-state index contributed by atoms with van der Waals surface area (Å²) in [7, 11) is -3.22. The fraction of sp³-hybridized carbons (Fsp3) is 0.588. The summed E-state index contributed by atoms with van der Waals surface area (Å²) in [4.78, 5) is 12.2. The maximum absolute atomic E-state index is 12.2. The van der Waals surface area contributed by atoms with Crippen LogP contribution in [-0.4, -0.2) is 50.8 Å². The number of hydrogen-bond acceptors (Lipinski definition) is 4. The first-order valence-corrected chi connectivity index (χ1v) is 10.3. The molecule has 0 aromatic heterocycles. The van der Waals surface area contributed by atoms with Crippen LogP contribution >= 0.6 is 0 Å². The molecule has 0 unspecified atom stereocenters. The van der Waals surface area contributed by atoms with Gasteiger partial charge < -0.3 is 10.1 Å². The second-order valence-corrected chi connectivity index (χ2v) is 8.56. The summed E-state index contributed by atoms with van der Waals surface area (Å²) in [6.07, 6.45) is -2.23. The van der Waals surface area contributed by atoms with E-state index in [9.17, 15) is 26.4 Å². The lowest BCUT2D eigenvalue weighted by Crippen LogP contribution is -2.42. The van der Waals surface area contributed by atoms with E-state index in [0.717, 1.165) is 11.8 Å². The van der Waals surface area contributed by atoms with Crippen LogP contribution in [0, 0.1) is 5.92 Å². The van der Waals surface area contributed by atoms with Crippen LogP contribution < -0.4 is 5.32 Å². The number of benzene rings is 1. The second-order valence-electron chi connectivity index (χ2n) is 6.58. The number of nitrogens with one attached hydrogen (secondary N) is 1. The standard InChI is InChI=1S/C17H23F3N2O4S/c1-27(24,25)22-8-6-15(7-9-22)16(23)21-10-13-2-4-14(5-3-13)11-26-12-17(18,19)20/h2-5,15H,6-12H2,1H3,(H,21,23). The number of piperidine rings is 1. The molecule has 0 saturated carbocycles. The van der Waals surface area contributed by atoms with E-state index in [1.807, 2.05) is 0 Å². The Morgan fingerprint density at radius 2 is 1.74 bits per heavy atom. The van der Waals surface area contributed by atoms with E-state index < -0.39 is 22.8 Å². The number of amides is 1. The van der Waals surface area contributed by atoms with Crippen LogP contribution in [0.1, 0.15) is 24.0 Å². The Bertz CT molecular complexity index is 728.